The number of halogens is 1. The van der Waals surface area contributed by atoms with Crippen molar-refractivity contribution in [2.75, 3.05) is 93.1 Å². The van der Waals surface area contributed by atoms with Crippen LogP contribution in [-0.2, 0) is 47.5 Å². The fourth-order valence-electron chi connectivity index (χ4n) is 12.6. The summed E-state index contributed by atoms with van der Waals surface area (Å²) in [4.78, 5) is 49.9. The number of rotatable bonds is 15. The summed E-state index contributed by atoms with van der Waals surface area (Å²) in [5.74, 6) is -5.68. The molecule has 0 saturated carbocycles. The van der Waals surface area contributed by atoms with Gasteiger partial charge in [0, 0.05) is 76.8 Å². The van der Waals surface area contributed by atoms with Crippen LogP contribution in [-0.4, -0.2) is 235 Å². The summed E-state index contributed by atoms with van der Waals surface area (Å²) in [6, 6.07) is 0.666. The van der Waals surface area contributed by atoms with Gasteiger partial charge in [-0.1, -0.05) is 32.9 Å². The highest BCUT2D eigenvalue weighted by Crippen LogP contribution is 2.44. The molecular formula is C59H96FN5O19. The first-order chi connectivity index (χ1) is 39.3. The molecule has 84 heavy (non-hydrogen) atoms. The van der Waals surface area contributed by atoms with Crippen LogP contribution in [0.25, 0.3) is 10.9 Å². The number of carbonyl (C=O) groups is 2. The number of nitrogens with zero attached hydrogens (tertiary/aromatic N) is 5. The van der Waals surface area contributed by atoms with Crippen molar-refractivity contribution in [1.29, 1.82) is 0 Å². The molecule has 0 bridgehead atoms. The van der Waals surface area contributed by atoms with E-state index in [-0.39, 0.29) is 68.4 Å². The number of esters is 1. The lowest BCUT2D eigenvalue weighted by Gasteiger charge is -2.49. The number of benzene rings is 1. The van der Waals surface area contributed by atoms with Crippen molar-refractivity contribution >= 4 is 34.2 Å². The summed E-state index contributed by atoms with van der Waals surface area (Å²) in [6.07, 6.45) is -8.15. The maximum absolute atomic E-state index is 15.0. The summed E-state index contributed by atoms with van der Waals surface area (Å²) in [5.41, 5.74) is -4.72. The van der Waals surface area contributed by atoms with E-state index >= 15 is 0 Å². The molecule has 0 spiro atoms. The first kappa shape index (κ1) is 68.9. The number of methoxy groups -OCH3 is 2. The van der Waals surface area contributed by atoms with E-state index in [9.17, 15) is 49.4 Å². The number of cyclic esters (lactones) is 1. The van der Waals surface area contributed by atoms with Crippen molar-refractivity contribution in [2.45, 2.75) is 192 Å². The Morgan fingerprint density at radius 3 is 2.19 bits per heavy atom. The summed E-state index contributed by atoms with van der Waals surface area (Å²) in [6.45, 7) is 22.4. The first-order valence-corrected chi connectivity index (χ1v) is 29.4. The lowest BCUT2D eigenvalue weighted by molar-refractivity contribution is -0.317. The Morgan fingerprint density at radius 2 is 1.58 bits per heavy atom. The van der Waals surface area contributed by atoms with Gasteiger partial charge in [-0.05, 0) is 94.9 Å². The van der Waals surface area contributed by atoms with E-state index in [1.54, 1.807) is 60.1 Å². The Hall–Kier alpha value is -4.19. The number of anilines is 1. The van der Waals surface area contributed by atoms with Crippen LogP contribution in [0.4, 0.5) is 10.1 Å². The quantitative estimate of drug-likeness (QED) is 0.0641. The van der Waals surface area contributed by atoms with Crippen LogP contribution in [0.5, 0.6) is 5.75 Å². The SMILES string of the molecule is CC[C@H]1OC(=O)[C@H](C)[C@@H](OC2CC(C)(OC)C(O)C(C)O2)[C@H](C)[C@@H](OC2OC(C)CC(N(C)C)C2O)[C@](C)(O)C[C@@H](C)/C(=N\OCOCCOC)[C@H](C)[C@@H](O)[C@]1(C)O.C[C@H]1COc2c(N3CCN(C)CC3)c(F)cc3c(=O)c(C(=O)O)cn1c23. The third-order valence-corrected chi connectivity index (χ3v) is 17.8. The molecule has 24 nitrogen and oxygen atoms in total. The number of aromatic nitrogens is 1. The molecule has 0 aliphatic carbocycles. The first-order valence-electron chi connectivity index (χ1n) is 29.4. The van der Waals surface area contributed by atoms with Crippen LogP contribution < -0.4 is 15.1 Å². The second-order valence-electron chi connectivity index (χ2n) is 24.7. The molecule has 25 heteroatoms. The number of hydrogen-bond acceptors (Lipinski definition) is 22. The van der Waals surface area contributed by atoms with Crippen LogP contribution in [0.2, 0.25) is 0 Å². The largest absolute Gasteiger partial charge is 0.487 e. The molecule has 1 aromatic carbocycles. The smallest absolute Gasteiger partial charge is 0.341 e. The number of likely N-dealkylation sites (N-methyl/N-ethyl adjacent to an activating group) is 2. The van der Waals surface area contributed by atoms with E-state index < -0.39 is 119 Å². The molecule has 478 valence electrons. The van der Waals surface area contributed by atoms with Gasteiger partial charge >= 0.3 is 11.9 Å². The molecule has 8 unspecified atom stereocenters. The van der Waals surface area contributed by atoms with E-state index in [0.29, 0.717) is 48.8 Å². The van der Waals surface area contributed by atoms with Crippen LogP contribution in [0, 0.1) is 29.5 Å². The number of hydrogen-bond donors (Lipinski definition) is 6. The minimum atomic E-state index is -1.97. The van der Waals surface area contributed by atoms with Gasteiger partial charge in [-0.15, -0.1) is 0 Å². The predicted octanol–water partition coefficient (Wildman–Crippen LogP) is 3.75. The zero-order valence-electron chi connectivity index (χ0n) is 52.0. The van der Waals surface area contributed by atoms with Crippen molar-refractivity contribution in [2.24, 2.45) is 28.8 Å². The Kier molecular flexibility index (Phi) is 23.6. The highest BCUT2D eigenvalue weighted by atomic mass is 19.1. The van der Waals surface area contributed by atoms with Gasteiger partial charge in [-0.25, -0.2) is 9.18 Å². The van der Waals surface area contributed by atoms with E-state index in [4.69, 9.17) is 47.5 Å². The van der Waals surface area contributed by atoms with Crippen LogP contribution in [0.15, 0.2) is 22.2 Å². The predicted molar refractivity (Wildman–Crippen MR) is 308 cm³/mol. The molecule has 0 radical (unpaired) electrons. The van der Waals surface area contributed by atoms with E-state index in [0.717, 1.165) is 19.2 Å². The highest BCUT2D eigenvalue weighted by molar-refractivity contribution is 5.97. The van der Waals surface area contributed by atoms with E-state index in [1.165, 1.54) is 20.2 Å². The molecule has 4 fully saturated rings. The lowest BCUT2D eigenvalue weighted by Crippen LogP contribution is -2.61. The maximum Gasteiger partial charge on any atom is 0.341 e. The number of oxime groups is 1. The number of aliphatic hydroxyl groups excluding tert-OH is 3. The summed E-state index contributed by atoms with van der Waals surface area (Å²) in [5, 5.41) is 72.9. The molecule has 1 aromatic heterocycles. The third kappa shape index (κ3) is 15.2. The standard InChI is InChI=1S/C41H76N2O15.C18H20FN3O4/c1-15-29-41(10,49)34(45)24(4)31(42-53-21-52-17-16-50-13)22(2)19-39(8,48)36(58-38-32(44)28(43(11)12)18-23(3)54-38)25(5)33(26(6)37(47)56-29)57-30-20-40(9,51-14)35(46)27(7)55-30;1-10-9-26-17-14-11(16(23)12(18(24)25)8-22(10)14)7-13(19)15(17)21-5-3-20(2)4-6-21/h22-30,32-36,38,44-46,48-49H,15-21H2,1-14H3;7-8,10H,3-6,9H2,1-2H3,(H,24,25)/b42-31+;/t22-,23?,24+,25+,26-,27?,28?,29-,30?,32?,33+,34-,35?,36-,38?,39-,40?,41-;10-/m10/s1. The summed E-state index contributed by atoms with van der Waals surface area (Å²) < 4.78 is 70.7. The zero-order chi connectivity index (χ0) is 62.5. The molecule has 0 amide bonds. The van der Waals surface area contributed by atoms with Crippen LogP contribution in [0.3, 0.4) is 0 Å². The van der Waals surface area contributed by atoms with E-state index in [2.05, 4.69) is 10.1 Å². The van der Waals surface area contributed by atoms with Crippen LogP contribution >= 0.6 is 0 Å². The maximum atomic E-state index is 15.0. The number of piperazine rings is 1. The molecule has 6 N–H and O–H groups in total. The topological polar surface area (TPSA) is 292 Å². The van der Waals surface area contributed by atoms with Crippen molar-refractivity contribution in [1.82, 2.24) is 14.4 Å². The van der Waals surface area contributed by atoms with Gasteiger partial charge in [0.2, 0.25) is 12.2 Å². The number of ether oxygens (including phenoxy) is 9. The van der Waals surface area contributed by atoms with Gasteiger partial charge in [-0.2, -0.15) is 0 Å². The average molecular weight is 1200 g/mol. The fraction of sp³-hybridized carbons (Fsp3) is 0.797. The van der Waals surface area contributed by atoms with Crippen molar-refractivity contribution in [3.05, 3.63) is 33.9 Å². The second kappa shape index (κ2) is 28.8. The third-order valence-electron chi connectivity index (χ3n) is 17.8. The Balaban J connectivity index is 0.000000357. The Morgan fingerprint density at radius 1 is 0.917 bits per heavy atom. The molecule has 5 aliphatic heterocycles. The Labute approximate surface area is 492 Å². The molecular weight excluding hydrogens is 1100 g/mol. The number of carbonyl (C=O) groups excluding carboxylic acids is 1. The van der Waals surface area contributed by atoms with Gasteiger partial charge in [0.15, 0.2) is 24.1 Å². The van der Waals surface area contributed by atoms with E-state index in [1.807, 2.05) is 51.7 Å². The van der Waals surface area contributed by atoms with Gasteiger partial charge < -0.3 is 97.4 Å². The van der Waals surface area contributed by atoms with Crippen molar-refractivity contribution < 1.29 is 92.1 Å². The molecule has 19 atom stereocenters. The van der Waals surface area contributed by atoms with Crippen LogP contribution in [0.1, 0.15) is 118 Å². The normalized spacial score (nSPS) is 37.9. The number of carboxylic acid groups (broad SMARTS) is 1. The minimum absolute atomic E-state index is 0.0307. The summed E-state index contributed by atoms with van der Waals surface area (Å²) in [7, 11) is 8.78. The number of aromatic carboxylic acids is 1. The highest BCUT2D eigenvalue weighted by Gasteiger charge is 2.54. The van der Waals surface area contributed by atoms with Crippen molar-refractivity contribution in [3.63, 3.8) is 0 Å². The van der Waals surface area contributed by atoms with Gasteiger partial charge in [-0.3, -0.25) is 9.59 Å². The number of carboxylic acids is 1. The molecule has 4 saturated heterocycles. The fourth-order valence-corrected chi connectivity index (χ4v) is 12.6. The number of pyridine rings is 1. The monoisotopic (exact) mass is 1200 g/mol. The molecule has 5 aliphatic rings. The minimum Gasteiger partial charge on any atom is -0.487 e. The van der Waals surface area contributed by atoms with Gasteiger partial charge in [0.1, 0.15) is 41.8 Å². The lowest BCUT2D eigenvalue weighted by atomic mass is 9.73. The molecule has 6 heterocycles. The summed E-state index contributed by atoms with van der Waals surface area (Å²) >= 11 is 0. The average Bonchev–Trinajstić information content (AvgIpc) is 1.22. The van der Waals surface area contributed by atoms with Gasteiger partial charge in [0.25, 0.3) is 0 Å². The zero-order valence-corrected chi connectivity index (χ0v) is 52.0. The Bertz CT molecular complexity index is 2620. The second-order valence-corrected chi connectivity index (χ2v) is 24.7. The molecule has 7 rings (SSSR count). The molecule has 2 aromatic rings. The number of aliphatic hydroxyl groups is 5. The van der Waals surface area contributed by atoms with Crippen molar-refractivity contribution in [3.8, 4) is 5.75 Å². The van der Waals surface area contributed by atoms with Gasteiger partial charge in [0.05, 0.1) is 83.5 Å².